The molecule has 0 aliphatic heterocycles. The largest absolute Gasteiger partial charge is 0.266 e. The zero-order valence-electron chi connectivity index (χ0n) is 11.2. The second-order valence-electron chi connectivity index (χ2n) is 4.50. The highest BCUT2D eigenvalue weighted by molar-refractivity contribution is 8.13. The van der Waals surface area contributed by atoms with Gasteiger partial charge in [0.25, 0.3) is 9.05 Å². The van der Waals surface area contributed by atoms with Crippen molar-refractivity contribution in [1.29, 1.82) is 0 Å². The summed E-state index contributed by atoms with van der Waals surface area (Å²) in [5.74, 6) is 0. The van der Waals surface area contributed by atoms with Crippen LogP contribution in [0.5, 0.6) is 0 Å². The molecule has 1 heterocycles. The lowest BCUT2D eigenvalue weighted by Gasteiger charge is -2.05. The summed E-state index contributed by atoms with van der Waals surface area (Å²) in [6.07, 6.45) is 1.22. The molecule has 2 aromatic rings. The monoisotopic (exact) mass is 366 g/mol. The second-order valence-corrected chi connectivity index (χ2v) is 7.77. The molecular formula is C13H13Cl3N2O2S. The van der Waals surface area contributed by atoms with E-state index in [1.807, 2.05) is 25.1 Å². The summed E-state index contributed by atoms with van der Waals surface area (Å²) in [7, 11) is 1.52. The number of hydrogen-bond donors (Lipinski definition) is 0. The fraction of sp³-hybridized carbons (Fsp3) is 0.308. The topological polar surface area (TPSA) is 52.0 Å². The lowest BCUT2D eigenvalue weighted by atomic mass is 10.2. The Labute approximate surface area is 138 Å². The van der Waals surface area contributed by atoms with Crippen molar-refractivity contribution < 1.29 is 8.42 Å². The lowest BCUT2D eigenvalue weighted by molar-refractivity contribution is 0.608. The van der Waals surface area contributed by atoms with E-state index in [1.165, 1.54) is 4.68 Å². The van der Waals surface area contributed by atoms with E-state index >= 15 is 0 Å². The summed E-state index contributed by atoms with van der Waals surface area (Å²) < 4.78 is 24.8. The molecule has 4 nitrogen and oxygen atoms in total. The predicted molar refractivity (Wildman–Crippen MR) is 84.8 cm³/mol. The maximum Gasteiger partial charge on any atom is 0.266 e. The normalized spacial score (nSPS) is 11.8. The van der Waals surface area contributed by atoms with Crippen LogP contribution in [0.3, 0.4) is 0 Å². The van der Waals surface area contributed by atoms with Crippen LogP contribution in [-0.4, -0.2) is 18.2 Å². The Morgan fingerprint density at radius 2 is 1.90 bits per heavy atom. The molecule has 8 heteroatoms. The Balaban J connectivity index is 2.49. The molecule has 0 atom stereocenters. The molecule has 0 N–H and O–H groups in total. The summed E-state index contributed by atoms with van der Waals surface area (Å²) in [6, 6.07) is 7.23. The summed E-state index contributed by atoms with van der Waals surface area (Å²) in [5, 5.41) is 4.84. The SMILES string of the molecule is CCCc1nn(Cc2ccccc2Cl)c(Cl)c1S(=O)(=O)Cl. The second kappa shape index (κ2) is 6.57. The molecule has 0 unspecified atom stereocenters. The van der Waals surface area contributed by atoms with Gasteiger partial charge in [0.05, 0.1) is 12.2 Å². The molecule has 0 fully saturated rings. The van der Waals surface area contributed by atoms with Gasteiger partial charge in [0.2, 0.25) is 0 Å². The third-order valence-corrected chi connectivity index (χ3v) is 5.17. The smallest absolute Gasteiger partial charge is 0.248 e. The van der Waals surface area contributed by atoms with Crippen molar-refractivity contribution in [1.82, 2.24) is 9.78 Å². The molecule has 0 amide bonds. The van der Waals surface area contributed by atoms with Gasteiger partial charge < -0.3 is 0 Å². The van der Waals surface area contributed by atoms with Crippen molar-refractivity contribution in [3.8, 4) is 0 Å². The van der Waals surface area contributed by atoms with Gasteiger partial charge in [-0.3, -0.25) is 0 Å². The molecule has 114 valence electrons. The maximum atomic E-state index is 11.7. The maximum absolute atomic E-state index is 11.7. The number of nitrogens with zero attached hydrogens (tertiary/aromatic N) is 2. The average Bonchev–Trinajstić information content (AvgIpc) is 2.69. The summed E-state index contributed by atoms with van der Waals surface area (Å²) in [4.78, 5) is -0.111. The molecule has 0 saturated heterocycles. The Hall–Kier alpha value is -0.750. The summed E-state index contributed by atoms with van der Waals surface area (Å²) in [6.45, 7) is 2.20. The van der Waals surface area contributed by atoms with Crippen LogP contribution in [0.15, 0.2) is 29.2 Å². The fourth-order valence-corrected chi connectivity index (χ4v) is 4.05. The summed E-state index contributed by atoms with van der Waals surface area (Å²) >= 11 is 12.2. The molecule has 0 radical (unpaired) electrons. The van der Waals surface area contributed by atoms with Crippen molar-refractivity contribution >= 4 is 42.9 Å². The van der Waals surface area contributed by atoms with E-state index < -0.39 is 9.05 Å². The first-order valence-electron chi connectivity index (χ1n) is 6.27. The van der Waals surface area contributed by atoms with Gasteiger partial charge in [-0.2, -0.15) is 5.10 Å². The van der Waals surface area contributed by atoms with Crippen LogP contribution in [0.1, 0.15) is 24.6 Å². The number of halogens is 3. The van der Waals surface area contributed by atoms with Crippen molar-refractivity contribution in [3.05, 3.63) is 45.7 Å². The molecule has 0 saturated carbocycles. The molecule has 1 aromatic carbocycles. The minimum Gasteiger partial charge on any atom is -0.248 e. The summed E-state index contributed by atoms with van der Waals surface area (Å²) in [5.41, 5.74) is 1.18. The van der Waals surface area contributed by atoms with Gasteiger partial charge in [-0.05, 0) is 18.1 Å². The van der Waals surface area contributed by atoms with Crippen molar-refractivity contribution in [2.75, 3.05) is 0 Å². The molecule has 0 bridgehead atoms. The highest BCUT2D eigenvalue weighted by atomic mass is 35.7. The number of rotatable bonds is 5. The van der Waals surface area contributed by atoms with Crippen molar-refractivity contribution in [3.63, 3.8) is 0 Å². The van der Waals surface area contributed by atoms with E-state index in [2.05, 4.69) is 5.10 Å². The van der Waals surface area contributed by atoms with Crippen LogP contribution in [0, 0.1) is 0 Å². The van der Waals surface area contributed by atoms with Crippen LogP contribution < -0.4 is 0 Å². The van der Waals surface area contributed by atoms with Gasteiger partial charge in [-0.1, -0.05) is 54.7 Å². The number of aryl methyl sites for hydroxylation is 1. The van der Waals surface area contributed by atoms with Gasteiger partial charge >= 0.3 is 0 Å². The highest BCUT2D eigenvalue weighted by Gasteiger charge is 2.26. The lowest BCUT2D eigenvalue weighted by Crippen LogP contribution is -2.03. The molecule has 21 heavy (non-hydrogen) atoms. The first-order chi connectivity index (χ1) is 9.84. The van der Waals surface area contributed by atoms with Crippen molar-refractivity contribution in [2.24, 2.45) is 0 Å². The quantitative estimate of drug-likeness (QED) is 0.747. The Bertz CT molecular complexity index is 757. The van der Waals surface area contributed by atoms with Gasteiger partial charge in [-0.15, -0.1) is 0 Å². The van der Waals surface area contributed by atoms with Crippen LogP contribution in [0.25, 0.3) is 0 Å². The van der Waals surface area contributed by atoms with Gasteiger partial charge in [-0.25, -0.2) is 13.1 Å². The minimum absolute atomic E-state index is 0.00775. The minimum atomic E-state index is -3.94. The first-order valence-corrected chi connectivity index (χ1v) is 9.34. The Kier molecular flexibility index (Phi) is 5.20. The van der Waals surface area contributed by atoms with Crippen molar-refractivity contribution in [2.45, 2.75) is 31.2 Å². The van der Waals surface area contributed by atoms with Crippen LogP contribution in [0.4, 0.5) is 0 Å². The zero-order valence-corrected chi connectivity index (χ0v) is 14.3. The standard InChI is InChI=1S/C13H13Cl3N2O2S/c1-2-5-11-12(21(16,19)20)13(15)18(17-11)8-9-6-3-4-7-10(9)14/h3-4,6-7H,2,5,8H2,1H3. The van der Waals surface area contributed by atoms with E-state index in [9.17, 15) is 8.42 Å². The van der Waals surface area contributed by atoms with Crippen LogP contribution in [0.2, 0.25) is 10.2 Å². The molecule has 0 aliphatic carbocycles. The number of aromatic nitrogens is 2. The molecule has 1 aromatic heterocycles. The third-order valence-electron chi connectivity index (χ3n) is 2.93. The Morgan fingerprint density at radius 3 is 2.48 bits per heavy atom. The molecule has 0 aliphatic rings. The Morgan fingerprint density at radius 1 is 1.24 bits per heavy atom. The van der Waals surface area contributed by atoms with Crippen LogP contribution in [-0.2, 0) is 22.0 Å². The average molecular weight is 368 g/mol. The van der Waals surface area contributed by atoms with Crippen LogP contribution >= 0.6 is 33.9 Å². The first kappa shape index (κ1) is 16.6. The van der Waals surface area contributed by atoms with Gasteiger partial charge in [0.15, 0.2) is 0 Å². The molecule has 0 spiro atoms. The van der Waals surface area contributed by atoms with E-state index in [0.717, 1.165) is 12.0 Å². The van der Waals surface area contributed by atoms with E-state index in [1.54, 1.807) is 6.07 Å². The van der Waals surface area contributed by atoms with E-state index in [0.29, 0.717) is 17.1 Å². The highest BCUT2D eigenvalue weighted by Crippen LogP contribution is 2.30. The fourth-order valence-electron chi connectivity index (χ4n) is 2.01. The van der Waals surface area contributed by atoms with E-state index in [4.69, 9.17) is 33.9 Å². The molecular weight excluding hydrogens is 355 g/mol. The predicted octanol–water partition coefficient (Wildman–Crippen LogP) is 4.12. The molecule has 2 rings (SSSR count). The third kappa shape index (κ3) is 3.72. The number of benzene rings is 1. The number of hydrogen-bond acceptors (Lipinski definition) is 3. The zero-order chi connectivity index (χ0) is 15.6. The van der Waals surface area contributed by atoms with E-state index in [-0.39, 0.29) is 16.6 Å². The van der Waals surface area contributed by atoms with Gasteiger partial charge in [0.1, 0.15) is 10.0 Å². The van der Waals surface area contributed by atoms with Gasteiger partial charge in [0, 0.05) is 15.7 Å².